The summed E-state index contributed by atoms with van der Waals surface area (Å²) in [5.74, 6) is 2.34. The number of rotatable bonds is 6. The third-order valence-corrected chi connectivity index (χ3v) is 3.01. The van der Waals surface area contributed by atoms with E-state index in [9.17, 15) is 5.11 Å². The van der Waals surface area contributed by atoms with Gasteiger partial charge in [-0.3, -0.25) is 0 Å². The molecule has 14 heavy (non-hydrogen) atoms. The van der Waals surface area contributed by atoms with Crippen molar-refractivity contribution in [3.63, 3.8) is 0 Å². The predicted molar refractivity (Wildman–Crippen MR) is 62.5 cm³/mol. The first-order chi connectivity index (χ1) is 6.37. The second-order valence-corrected chi connectivity index (χ2v) is 4.76. The highest BCUT2D eigenvalue weighted by Crippen LogP contribution is 2.25. The quantitative estimate of drug-likeness (QED) is 0.453. The van der Waals surface area contributed by atoms with E-state index in [1.807, 2.05) is 0 Å². The number of hydrogen-bond acceptors (Lipinski definition) is 2. The maximum absolute atomic E-state index is 9.84. The Bertz CT molecular complexity index is 204. The van der Waals surface area contributed by atoms with E-state index < -0.39 is 11.2 Å². The van der Waals surface area contributed by atoms with Crippen LogP contribution in [0.15, 0.2) is 0 Å². The highest BCUT2D eigenvalue weighted by Gasteiger charge is 2.38. The summed E-state index contributed by atoms with van der Waals surface area (Å²) in [4.78, 5) is 0. The summed E-state index contributed by atoms with van der Waals surface area (Å²) in [6.07, 6.45) is 7.27. The van der Waals surface area contributed by atoms with Crippen molar-refractivity contribution in [3.8, 4) is 12.3 Å². The molecular formula is C11H19BrO2. The highest BCUT2D eigenvalue weighted by atomic mass is 79.9. The Kier molecular flexibility index (Phi) is 5.73. The van der Waals surface area contributed by atoms with E-state index in [2.05, 4.69) is 21.9 Å². The normalized spacial score (nSPS) is 16.0. The molecule has 0 bridgehead atoms. The van der Waals surface area contributed by atoms with Gasteiger partial charge in [0.1, 0.15) is 5.60 Å². The van der Waals surface area contributed by atoms with Crippen LogP contribution in [0.2, 0.25) is 0 Å². The Morgan fingerprint density at radius 1 is 1.36 bits per heavy atom. The molecule has 0 aromatic carbocycles. The van der Waals surface area contributed by atoms with E-state index in [-0.39, 0.29) is 0 Å². The standard InChI is InChI=1S/C11H19BrO2/c1-5-11(4,13)10(2,3)14-9-7-6-8-12/h1,13H,6-9H2,2-4H3. The molecular weight excluding hydrogens is 244 g/mol. The number of terminal acetylenes is 1. The van der Waals surface area contributed by atoms with E-state index in [0.717, 1.165) is 18.2 Å². The molecule has 0 saturated carbocycles. The maximum Gasteiger partial charge on any atom is 0.150 e. The number of unbranched alkanes of at least 4 members (excludes halogenated alkanes) is 1. The SMILES string of the molecule is C#CC(C)(O)C(C)(C)OCCCCBr. The zero-order valence-electron chi connectivity index (χ0n) is 9.14. The van der Waals surface area contributed by atoms with E-state index in [1.165, 1.54) is 0 Å². The van der Waals surface area contributed by atoms with Gasteiger partial charge in [0.15, 0.2) is 5.60 Å². The summed E-state index contributed by atoms with van der Waals surface area (Å²) in [6.45, 7) is 5.83. The lowest BCUT2D eigenvalue weighted by Gasteiger charge is -2.36. The van der Waals surface area contributed by atoms with Gasteiger partial charge < -0.3 is 9.84 Å². The number of alkyl halides is 1. The van der Waals surface area contributed by atoms with Gasteiger partial charge in [-0.2, -0.15) is 0 Å². The van der Waals surface area contributed by atoms with Crippen molar-refractivity contribution < 1.29 is 9.84 Å². The van der Waals surface area contributed by atoms with Crippen LogP contribution in [-0.2, 0) is 4.74 Å². The first-order valence-corrected chi connectivity index (χ1v) is 5.89. The molecule has 0 radical (unpaired) electrons. The Hall–Kier alpha value is -0.0400. The largest absolute Gasteiger partial charge is 0.375 e. The molecule has 0 spiro atoms. The van der Waals surface area contributed by atoms with Crippen molar-refractivity contribution in [3.05, 3.63) is 0 Å². The summed E-state index contributed by atoms with van der Waals surface area (Å²) >= 11 is 3.35. The second-order valence-electron chi connectivity index (χ2n) is 3.97. The van der Waals surface area contributed by atoms with Crippen molar-refractivity contribution >= 4 is 15.9 Å². The number of hydrogen-bond donors (Lipinski definition) is 1. The van der Waals surface area contributed by atoms with Crippen LogP contribution in [0.5, 0.6) is 0 Å². The number of halogens is 1. The average molecular weight is 263 g/mol. The summed E-state index contributed by atoms with van der Waals surface area (Å²) in [5, 5.41) is 10.8. The van der Waals surface area contributed by atoms with Crippen molar-refractivity contribution in [2.24, 2.45) is 0 Å². The van der Waals surface area contributed by atoms with Gasteiger partial charge in [-0.05, 0) is 33.6 Å². The van der Waals surface area contributed by atoms with Crippen molar-refractivity contribution in [1.29, 1.82) is 0 Å². The molecule has 3 heteroatoms. The van der Waals surface area contributed by atoms with Crippen LogP contribution in [0.4, 0.5) is 0 Å². The van der Waals surface area contributed by atoms with Gasteiger partial charge in [-0.1, -0.05) is 21.9 Å². The lowest BCUT2D eigenvalue weighted by molar-refractivity contribution is -0.127. The average Bonchev–Trinajstić information content (AvgIpc) is 2.12. The Balaban J connectivity index is 4.02. The van der Waals surface area contributed by atoms with Crippen LogP contribution in [-0.4, -0.2) is 28.2 Å². The van der Waals surface area contributed by atoms with Gasteiger partial charge in [0.25, 0.3) is 0 Å². The fourth-order valence-electron chi connectivity index (χ4n) is 0.838. The summed E-state index contributed by atoms with van der Waals surface area (Å²) in [6, 6.07) is 0. The molecule has 2 nitrogen and oxygen atoms in total. The summed E-state index contributed by atoms with van der Waals surface area (Å²) < 4.78 is 5.57. The third-order valence-electron chi connectivity index (χ3n) is 2.44. The van der Waals surface area contributed by atoms with Crippen LogP contribution in [0.1, 0.15) is 33.6 Å². The van der Waals surface area contributed by atoms with Crippen molar-refractivity contribution in [1.82, 2.24) is 0 Å². The van der Waals surface area contributed by atoms with Gasteiger partial charge in [0.2, 0.25) is 0 Å². The maximum atomic E-state index is 9.84. The predicted octanol–water partition coefficient (Wildman–Crippen LogP) is 2.34. The van der Waals surface area contributed by atoms with E-state index in [4.69, 9.17) is 11.2 Å². The van der Waals surface area contributed by atoms with Gasteiger partial charge in [0, 0.05) is 11.9 Å². The molecule has 0 aliphatic rings. The molecule has 0 aliphatic heterocycles. The monoisotopic (exact) mass is 262 g/mol. The number of ether oxygens (including phenoxy) is 1. The van der Waals surface area contributed by atoms with Crippen LogP contribution < -0.4 is 0 Å². The molecule has 0 aromatic rings. The van der Waals surface area contributed by atoms with Crippen LogP contribution in [0.25, 0.3) is 0 Å². The molecule has 1 atom stereocenters. The molecule has 0 fully saturated rings. The van der Waals surface area contributed by atoms with E-state index in [0.29, 0.717) is 6.61 Å². The molecule has 0 aliphatic carbocycles. The minimum absolute atomic E-state index is 0.621. The molecule has 0 amide bonds. The molecule has 82 valence electrons. The fourth-order valence-corrected chi connectivity index (χ4v) is 1.23. The lowest BCUT2D eigenvalue weighted by atomic mass is 9.88. The fraction of sp³-hybridized carbons (Fsp3) is 0.818. The van der Waals surface area contributed by atoms with E-state index >= 15 is 0 Å². The number of aliphatic hydroxyl groups is 1. The zero-order valence-corrected chi connectivity index (χ0v) is 10.7. The summed E-state index contributed by atoms with van der Waals surface area (Å²) in [5.41, 5.74) is -1.92. The molecule has 0 heterocycles. The zero-order chi connectivity index (χ0) is 11.2. The minimum Gasteiger partial charge on any atom is -0.375 e. The van der Waals surface area contributed by atoms with Crippen molar-refractivity contribution in [2.45, 2.75) is 44.8 Å². The first kappa shape index (κ1) is 14.0. The highest BCUT2D eigenvalue weighted by molar-refractivity contribution is 9.09. The Morgan fingerprint density at radius 2 is 1.93 bits per heavy atom. The van der Waals surface area contributed by atoms with Crippen LogP contribution in [0, 0.1) is 12.3 Å². The molecule has 0 aromatic heterocycles. The summed E-state index contributed by atoms with van der Waals surface area (Å²) in [7, 11) is 0. The van der Waals surface area contributed by atoms with Crippen LogP contribution >= 0.6 is 15.9 Å². The van der Waals surface area contributed by atoms with Gasteiger partial charge in [0.05, 0.1) is 0 Å². The molecule has 0 rings (SSSR count). The Labute approximate surface area is 95.2 Å². The Morgan fingerprint density at radius 3 is 2.36 bits per heavy atom. The topological polar surface area (TPSA) is 29.5 Å². The van der Waals surface area contributed by atoms with Crippen molar-refractivity contribution in [2.75, 3.05) is 11.9 Å². The minimum atomic E-state index is -1.22. The van der Waals surface area contributed by atoms with Gasteiger partial charge in [-0.15, -0.1) is 6.42 Å². The lowest BCUT2D eigenvalue weighted by Crippen LogP contribution is -2.48. The molecule has 1 unspecified atom stereocenters. The molecule has 0 saturated heterocycles. The van der Waals surface area contributed by atoms with Crippen LogP contribution in [0.3, 0.4) is 0 Å². The van der Waals surface area contributed by atoms with Gasteiger partial charge in [-0.25, -0.2) is 0 Å². The second kappa shape index (κ2) is 5.75. The van der Waals surface area contributed by atoms with Gasteiger partial charge >= 0.3 is 0 Å². The van der Waals surface area contributed by atoms with E-state index in [1.54, 1.807) is 20.8 Å². The third kappa shape index (κ3) is 4.00. The smallest absolute Gasteiger partial charge is 0.150 e. The first-order valence-electron chi connectivity index (χ1n) is 4.77. The molecule has 1 N–H and O–H groups in total.